The maximum absolute atomic E-state index is 9.81. The van der Waals surface area contributed by atoms with Gasteiger partial charge in [0.25, 0.3) is 0 Å². The Kier molecular flexibility index (Phi) is 10.1. The van der Waals surface area contributed by atoms with Gasteiger partial charge in [0.05, 0.1) is 13.3 Å². The van der Waals surface area contributed by atoms with Crippen LogP contribution in [0.5, 0.6) is 17.4 Å². The fourth-order valence-electron chi connectivity index (χ4n) is 2.61. The second-order valence-electron chi connectivity index (χ2n) is 6.08. The first kappa shape index (κ1) is 21.7. The fraction of sp³-hybridized carbons (Fsp3) is 0.550. The van der Waals surface area contributed by atoms with E-state index in [0.29, 0.717) is 11.6 Å². The Balaban J connectivity index is 0.000000350. The highest BCUT2D eigenvalue weighted by Crippen LogP contribution is 2.34. The van der Waals surface area contributed by atoms with Crippen molar-refractivity contribution in [1.29, 1.82) is 0 Å². The molecule has 1 N–H and O–H groups in total. The van der Waals surface area contributed by atoms with Gasteiger partial charge in [-0.25, -0.2) is 0 Å². The van der Waals surface area contributed by atoms with E-state index < -0.39 is 0 Å². The minimum absolute atomic E-state index is 0.131. The number of rotatable bonds is 9. The number of methoxy groups -OCH3 is 1. The van der Waals surface area contributed by atoms with Crippen LogP contribution in [0.1, 0.15) is 59.3 Å². The van der Waals surface area contributed by atoms with Crippen molar-refractivity contribution < 1.29 is 14.6 Å². The van der Waals surface area contributed by atoms with Gasteiger partial charge in [-0.2, -0.15) is 0 Å². The molecule has 0 bridgehead atoms. The molecular formula is C20H31N3O3. The van der Waals surface area contributed by atoms with Crippen molar-refractivity contribution in [3.63, 3.8) is 0 Å². The van der Waals surface area contributed by atoms with Crippen molar-refractivity contribution in [1.82, 2.24) is 15.4 Å². The molecule has 0 aliphatic carbocycles. The molecule has 26 heavy (non-hydrogen) atoms. The summed E-state index contributed by atoms with van der Waals surface area (Å²) < 4.78 is 10.8. The molecule has 1 aromatic carbocycles. The Morgan fingerprint density at radius 3 is 2.27 bits per heavy atom. The van der Waals surface area contributed by atoms with Crippen LogP contribution in [0.4, 0.5) is 0 Å². The number of unbranched alkanes of at least 4 members (excludes halogenated alkanes) is 2. The van der Waals surface area contributed by atoms with Gasteiger partial charge in [-0.15, -0.1) is 5.10 Å². The molecule has 6 nitrogen and oxygen atoms in total. The van der Waals surface area contributed by atoms with E-state index in [9.17, 15) is 5.11 Å². The number of benzene rings is 1. The second kappa shape index (κ2) is 12.1. The Morgan fingerprint density at radius 2 is 1.77 bits per heavy atom. The summed E-state index contributed by atoms with van der Waals surface area (Å²) in [5.74, 6) is 1.33. The molecule has 0 aliphatic heterocycles. The molecule has 144 valence electrons. The van der Waals surface area contributed by atoms with E-state index in [-0.39, 0.29) is 11.4 Å². The van der Waals surface area contributed by atoms with Gasteiger partial charge in [0.1, 0.15) is 5.60 Å². The first-order valence-corrected chi connectivity index (χ1v) is 9.26. The third-order valence-electron chi connectivity index (χ3n) is 4.40. The van der Waals surface area contributed by atoms with Gasteiger partial charge < -0.3 is 14.6 Å². The number of nitrogens with zero attached hydrogens (tertiary/aromatic N) is 3. The summed E-state index contributed by atoms with van der Waals surface area (Å²) in [6, 6.07) is 8.87. The number of hydrogen-bond donors (Lipinski definition) is 1. The lowest BCUT2D eigenvalue weighted by Gasteiger charge is -2.33. The first-order chi connectivity index (χ1) is 12.6. The van der Waals surface area contributed by atoms with Gasteiger partial charge in [-0.05, 0) is 43.0 Å². The minimum atomic E-state index is -0.131. The largest absolute Gasteiger partial charge is 0.504 e. The highest BCUT2D eigenvalue weighted by molar-refractivity contribution is 5.38. The summed E-state index contributed by atoms with van der Waals surface area (Å²) in [7, 11) is 1.53. The number of para-hydroxylation sites is 2. The normalized spacial score (nSPS) is 10.6. The predicted molar refractivity (Wildman–Crippen MR) is 103 cm³/mol. The first-order valence-electron chi connectivity index (χ1n) is 9.26. The van der Waals surface area contributed by atoms with Crippen LogP contribution in [0.2, 0.25) is 0 Å². The lowest BCUT2D eigenvalue weighted by atomic mass is 9.90. The van der Waals surface area contributed by atoms with Crippen LogP contribution in [-0.4, -0.2) is 33.2 Å². The third-order valence-corrected chi connectivity index (χ3v) is 4.40. The molecule has 0 saturated heterocycles. The topological polar surface area (TPSA) is 77.4 Å². The van der Waals surface area contributed by atoms with E-state index in [4.69, 9.17) is 9.47 Å². The number of ether oxygens (including phenoxy) is 2. The van der Waals surface area contributed by atoms with E-state index >= 15 is 0 Å². The van der Waals surface area contributed by atoms with Crippen LogP contribution in [0.25, 0.3) is 0 Å². The summed E-state index contributed by atoms with van der Waals surface area (Å²) in [4.78, 5) is 0. The van der Waals surface area contributed by atoms with Gasteiger partial charge in [-0.3, -0.25) is 0 Å². The lowest BCUT2D eigenvalue weighted by Crippen LogP contribution is -2.34. The lowest BCUT2D eigenvalue weighted by molar-refractivity contribution is 0.0456. The maximum Gasteiger partial charge on any atom is 0.236 e. The molecule has 0 amide bonds. The Labute approximate surface area is 156 Å². The fourth-order valence-corrected chi connectivity index (χ4v) is 2.61. The highest BCUT2D eigenvalue weighted by atomic mass is 16.5. The number of aromatic hydroxyl groups is 1. The van der Waals surface area contributed by atoms with Crippen LogP contribution >= 0.6 is 0 Å². The van der Waals surface area contributed by atoms with Crippen LogP contribution < -0.4 is 9.47 Å². The number of phenolic OH excluding ortho intramolecular Hbond substituents is 1. The van der Waals surface area contributed by atoms with Crippen LogP contribution in [0.3, 0.4) is 0 Å². The van der Waals surface area contributed by atoms with Crippen LogP contribution in [0.15, 0.2) is 36.5 Å². The average Bonchev–Trinajstić information content (AvgIpc) is 2.70. The molecule has 1 aromatic heterocycles. The molecular weight excluding hydrogens is 330 g/mol. The van der Waals surface area contributed by atoms with Crippen LogP contribution in [0, 0.1) is 0 Å². The molecule has 0 unspecified atom stereocenters. The number of phenols is 1. The van der Waals surface area contributed by atoms with Crippen molar-refractivity contribution in [3.8, 4) is 17.4 Å². The highest BCUT2D eigenvalue weighted by Gasteiger charge is 2.28. The Bertz CT molecular complexity index is 604. The summed E-state index contributed by atoms with van der Waals surface area (Å²) in [5.41, 5.74) is -0.131. The third kappa shape index (κ3) is 7.25. The quantitative estimate of drug-likeness (QED) is 0.647. The summed E-state index contributed by atoms with van der Waals surface area (Å²) >= 11 is 0. The zero-order valence-electron chi connectivity index (χ0n) is 16.3. The standard InChI is InChI=1S/C16H26O2.C4H5N3O/c1-4-7-10-13-16(5-2,6-3)18-15-12-9-8-11-14(15)17;1-8-4-2-3-5-7-6-4/h8-9,11-12,17H,4-7,10,13H2,1-3H3;2-3H,1H3. The second-order valence-corrected chi connectivity index (χ2v) is 6.08. The smallest absolute Gasteiger partial charge is 0.236 e. The summed E-state index contributed by atoms with van der Waals surface area (Å²) in [6.45, 7) is 6.54. The van der Waals surface area contributed by atoms with Gasteiger partial charge in [0.15, 0.2) is 11.5 Å². The Morgan fingerprint density at radius 1 is 1.04 bits per heavy atom. The zero-order valence-corrected chi connectivity index (χ0v) is 16.3. The molecule has 0 aliphatic rings. The predicted octanol–water partition coefficient (Wildman–Crippen LogP) is 4.79. The molecule has 2 aromatic rings. The van der Waals surface area contributed by atoms with E-state index in [1.807, 2.05) is 18.2 Å². The Hall–Kier alpha value is -2.37. The van der Waals surface area contributed by atoms with Gasteiger partial charge in [0, 0.05) is 6.07 Å². The molecule has 0 saturated carbocycles. The monoisotopic (exact) mass is 361 g/mol. The van der Waals surface area contributed by atoms with E-state index in [2.05, 4.69) is 36.2 Å². The van der Waals surface area contributed by atoms with Crippen molar-refractivity contribution >= 4 is 0 Å². The minimum Gasteiger partial charge on any atom is -0.504 e. The van der Waals surface area contributed by atoms with Gasteiger partial charge in [0.2, 0.25) is 5.88 Å². The molecule has 6 heteroatoms. The molecule has 1 heterocycles. The van der Waals surface area contributed by atoms with E-state index in [0.717, 1.165) is 19.3 Å². The molecule has 0 fully saturated rings. The van der Waals surface area contributed by atoms with Crippen molar-refractivity contribution in [3.05, 3.63) is 36.5 Å². The van der Waals surface area contributed by atoms with Gasteiger partial charge in [-0.1, -0.05) is 50.8 Å². The summed E-state index contributed by atoms with van der Waals surface area (Å²) in [5, 5.41) is 20.1. The number of hydrogen-bond acceptors (Lipinski definition) is 6. The molecule has 2 rings (SSSR count). The van der Waals surface area contributed by atoms with Crippen molar-refractivity contribution in [2.75, 3.05) is 7.11 Å². The summed E-state index contributed by atoms with van der Waals surface area (Å²) in [6.07, 6.45) is 8.18. The molecule has 0 spiro atoms. The van der Waals surface area contributed by atoms with E-state index in [1.54, 1.807) is 12.1 Å². The van der Waals surface area contributed by atoms with Crippen LogP contribution in [-0.2, 0) is 0 Å². The maximum atomic E-state index is 9.81. The van der Waals surface area contributed by atoms with Crippen molar-refractivity contribution in [2.24, 2.45) is 0 Å². The molecule has 0 atom stereocenters. The number of aromatic nitrogens is 3. The van der Waals surface area contributed by atoms with E-state index in [1.165, 1.54) is 32.6 Å². The SMILES string of the molecule is CCCCCC(CC)(CC)Oc1ccccc1O.COc1ccnnn1. The zero-order chi connectivity index (χ0) is 19.3. The molecule has 0 radical (unpaired) electrons. The van der Waals surface area contributed by atoms with Gasteiger partial charge >= 0.3 is 0 Å². The average molecular weight is 361 g/mol. The van der Waals surface area contributed by atoms with Crippen molar-refractivity contribution in [2.45, 2.75) is 64.9 Å².